The summed E-state index contributed by atoms with van der Waals surface area (Å²) in [5, 5.41) is 18.0. The number of nitrogens with zero attached hydrogens (tertiary/aromatic N) is 2. The Morgan fingerprint density at radius 1 is 1.41 bits per heavy atom. The van der Waals surface area contributed by atoms with E-state index in [1.165, 1.54) is 4.90 Å². The van der Waals surface area contributed by atoms with Crippen LogP contribution in [0.1, 0.15) is 11.4 Å². The van der Waals surface area contributed by atoms with Gasteiger partial charge in [-0.25, -0.2) is 0 Å². The number of anilines is 1. The van der Waals surface area contributed by atoms with E-state index in [2.05, 4.69) is 15.5 Å². The van der Waals surface area contributed by atoms with Crippen LogP contribution in [-0.4, -0.2) is 52.2 Å². The van der Waals surface area contributed by atoms with Crippen LogP contribution >= 0.6 is 0 Å². The van der Waals surface area contributed by atoms with Gasteiger partial charge in [0.15, 0.2) is 0 Å². The van der Waals surface area contributed by atoms with E-state index in [-0.39, 0.29) is 19.0 Å². The number of carbonyl (C=O) groups excluding carboxylic acids is 1. The molecule has 0 aliphatic heterocycles. The van der Waals surface area contributed by atoms with Crippen molar-refractivity contribution in [3.63, 3.8) is 0 Å². The van der Waals surface area contributed by atoms with Crippen molar-refractivity contribution in [3.05, 3.63) is 11.4 Å². The van der Waals surface area contributed by atoms with Crippen LogP contribution in [0.4, 0.5) is 5.69 Å². The minimum atomic E-state index is -0.962. The fourth-order valence-electron chi connectivity index (χ4n) is 1.45. The maximum Gasteiger partial charge on any atom is 0.317 e. The number of carboxylic acids is 1. The van der Waals surface area contributed by atoms with Crippen molar-refractivity contribution in [1.82, 2.24) is 15.1 Å². The first kappa shape index (κ1) is 13.2. The molecule has 1 rings (SSSR count). The zero-order valence-corrected chi connectivity index (χ0v) is 10.1. The summed E-state index contributed by atoms with van der Waals surface area (Å²) in [6, 6.07) is 0. The SMILES string of the molecule is Cc1n[nH]c(C)c1NC(=O)CN(C)CC(=O)O. The molecule has 7 heteroatoms. The summed E-state index contributed by atoms with van der Waals surface area (Å²) >= 11 is 0. The van der Waals surface area contributed by atoms with Crippen LogP contribution in [-0.2, 0) is 9.59 Å². The van der Waals surface area contributed by atoms with E-state index in [4.69, 9.17) is 5.11 Å². The molecule has 1 aromatic heterocycles. The van der Waals surface area contributed by atoms with Crippen LogP contribution < -0.4 is 5.32 Å². The number of likely N-dealkylation sites (N-methyl/N-ethyl adjacent to an activating group) is 1. The molecule has 0 saturated carbocycles. The largest absolute Gasteiger partial charge is 0.480 e. The van der Waals surface area contributed by atoms with Gasteiger partial charge in [0.05, 0.1) is 30.2 Å². The zero-order chi connectivity index (χ0) is 13.0. The highest BCUT2D eigenvalue weighted by atomic mass is 16.4. The van der Waals surface area contributed by atoms with E-state index in [9.17, 15) is 9.59 Å². The molecule has 1 amide bonds. The van der Waals surface area contributed by atoms with Gasteiger partial charge in [0.1, 0.15) is 0 Å². The van der Waals surface area contributed by atoms with Crippen molar-refractivity contribution < 1.29 is 14.7 Å². The molecule has 1 aromatic rings. The topological polar surface area (TPSA) is 98.3 Å². The number of carboxylic acid groups (broad SMARTS) is 1. The van der Waals surface area contributed by atoms with Crippen LogP contribution in [0.2, 0.25) is 0 Å². The molecule has 0 aliphatic carbocycles. The standard InChI is InChI=1S/C10H16N4O3/c1-6-10(7(2)13-12-6)11-8(15)4-14(3)5-9(16)17/h4-5H2,1-3H3,(H,11,15)(H,12,13)(H,16,17). The lowest BCUT2D eigenvalue weighted by molar-refractivity contribution is -0.138. The minimum absolute atomic E-state index is 0.0242. The second-order valence-electron chi connectivity index (χ2n) is 3.92. The number of carbonyl (C=O) groups is 2. The number of aromatic nitrogens is 2. The van der Waals surface area contributed by atoms with Gasteiger partial charge in [-0.05, 0) is 20.9 Å². The van der Waals surface area contributed by atoms with Crippen molar-refractivity contribution in [2.45, 2.75) is 13.8 Å². The summed E-state index contributed by atoms with van der Waals surface area (Å²) in [5.74, 6) is -1.22. The first-order chi connectivity index (χ1) is 7.90. The third kappa shape index (κ3) is 3.87. The average Bonchev–Trinajstić information content (AvgIpc) is 2.47. The molecule has 0 spiro atoms. The first-order valence-corrected chi connectivity index (χ1v) is 5.12. The average molecular weight is 240 g/mol. The van der Waals surface area contributed by atoms with E-state index in [0.717, 1.165) is 5.69 Å². The van der Waals surface area contributed by atoms with Gasteiger partial charge < -0.3 is 10.4 Å². The summed E-state index contributed by atoms with van der Waals surface area (Å²) in [7, 11) is 1.57. The Morgan fingerprint density at radius 3 is 2.53 bits per heavy atom. The molecule has 0 unspecified atom stereocenters. The Kier molecular flexibility index (Phi) is 4.22. The van der Waals surface area contributed by atoms with Crippen molar-refractivity contribution >= 4 is 17.6 Å². The Labute approximate surface area is 98.8 Å². The predicted molar refractivity (Wildman–Crippen MR) is 61.8 cm³/mol. The molecular formula is C10H16N4O3. The summed E-state index contributed by atoms with van der Waals surface area (Å²) in [6.07, 6.45) is 0. The number of amides is 1. The molecule has 0 radical (unpaired) electrons. The third-order valence-electron chi connectivity index (χ3n) is 2.21. The molecule has 0 aromatic carbocycles. The van der Waals surface area contributed by atoms with Gasteiger partial charge in [0.2, 0.25) is 5.91 Å². The quantitative estimate of drug-likeness (QED) is 0.672. The molecule has 0 aliphatic rings. The highest BCUT2D eigenvalue weighted by molar-refractivity contribution is 5.93. The van der Waals surface area contributed by atoms with Crippen molar-refractivity contribution in [2.75, 3.05) is 25.5 Å². The van der Waals surface area contributed by atoms with Crippen LogP contribution in [0, 0.1) is 13.8 Å². The lowest BCUT2D eigenvalue weighted by atomic mass is 10.3. The van der Waals surface area contributed by atoms with Crippen LogP contribution in [0.3, 0.4) is 0 Å². The molecular weight excluding hydrogens is 224 g/mol. The van der Waals surface area contributed by atoms with Gasteiger partial charge >= 0.3 is 5.97 Å². The van der Waals surface area contributed by atoms with Gasteiger partial charge in [-0.3, -0.25) is 19.6 Å². The highest BCUT2D eigenvalue weighted by Gasteiger charge is 2.13. The number of hydrogen-bond acceptors (Lipinski definition) is 4. The first-order valence-electron chi connectivity index (χ1n) is 5.12. The molecule has 0 atom stereocenters. The number of aryl methyl sites for hydroxylation is 2. The minimum Gasteiger partial charge on any atom is -0.480 e. The van der Waals surface area contributed by atoms with Gasteiger partial charge in [-0.1, -0.05) is 0 Å². The van der Waals surface area contributed by atoms with Gasteiger partial charge in [-0.2, -0.15) is 5.10 Å². The zero-order valence-electron chi connectivity index (χ0n) is 10.1. The smallest absolute Gasteiger partial charge is 0.317 e. The maximum atomic E-state index is 11.6. The molecule has 0 bridgehead atoms. The van der Waals surface area contributed by atoms with Gasteiger partial charge in [0.25, 0.3) is 0 Å². The van der Waals surface area contributed by atoms with Crippen molar-refractivity contribution in [3.8, 4) is 0 Å². The van der Waals surface area contributed by atoms with E-state index >= 15 is 0 Å². The van der Waals surface area contributed by atoms with E-state index in [1.54, 1.807) is 20.9 Å². The third-order valence-corrected chi connectivity index (χ3v) is 2.21. The lowest BCUT2D eigenvalue weighted by Crippen LogP contribution is -2.34. The molecule has 0 fully saturated rings. The molecule has 3 N–H and O–H groups in total. The molecule has 7 nitrogen and oxygen atoms in total. The van der Waals surface area contributed by atoms with Crippen LogP contribution in [0.15, 0.2) is 0 Å². The van der Waals surface area contributed by atoms with E-state index in [0.29, 0.717) is 11.4 Å². The maximum absolute atomic E-state index is 11.6. The summed E-state index contributed by atoms with van der Waals surface area (Å²) < 4.78 is 0. The monoisotopic (exact) mass is 240 g/mol. The van der Waals surface area contributed by atoms with Crippen LogP contribution in [0.5, 0.6) is 0 Å². The van der Waals surface area contributed by atoms with Gasteiger partial charge in [0, 0.05) is 0 Å². The Balaban J connectivity index is 2.53. The Morgan fingerprint density at radius 2 is 2.06 bits per heavy atom. The summed E-state index contributed by atoms with van der Waals surface area (Å²) in [5.41, 5.74) is 2.13. The van der Waals surface area contributed by atoms with Crippen molar-refractivity contribution in [2.24, 2.45) is 0 Å². The number of aromatic amines is 1. The second-order valence-corrected chi connectivity index (χ2v) is 3.92. The predicted octanol–water partition coefficient (Wildman–Crippen LogP) is -0.0186. The number of rotatable bonds is 5. The molecule has 94 valence electrons. The van der Waals surface area contributed by atoms with Gasteiger partial charge in [-0.15, -0.1) is 0 Å². The van der Waals surface area contributed by atoms with E-state index in [1.807, 2.05) is 0 Å². The van der Waals surface area contributed by atoms with E-state index < -0.39 is 5.97 Å². The summed E-state index contributed by atoms with van der Waals surface area (Å²) in [4.78, 5) is 23.5. The number of aliphatic carboxylic acids is 1. The lowest BCUT2D eigenvalue weighted by Gasteiger charge is -2.13. The Bertz CT molecular complexity index is 408. The second kappa shape index (κ2) is 5.44. The molecule has 0 saturated heterocycles. The highest BCUT2D eigenvalue weighted by Crippen LogP contribution is 2.15. The number of H-pyrrole nitrogens is 1. The summed E-state index contributed by atoms with van der Waals surface area (Å²) in [6.45, 7) is 3.43. The number of hydrogen-bond donors (Lipinski definition) is 3. The number of nitrogens with one attached hydrogen (secondary N) is 2. The van der Waals surface area contributed by atoms with Crippen molar-refractivity contribution in [1.29, 1.82) is 0 Å². The fourth-order valence-corrected chi connectivity index (χ4v) is 1.45. The van der Waals surface area contributed by atoms with Crippen LogP contribution in [0.25, 0.3) is 0 Å². The molecule has 17 heavy (non-hydrogen) atoms. The fraction of sp³-hybridized carbons (Fsp3) is 0.500. The normalized spacial score (nSPS) is 10.6. The molecule has 1 heterocycles. The Hall–Kier alpha value is -1.89.